The highest BCUT2D eigenvalue weighted by atomic mass is 31.2. The Bertz CT molecular complexity index is 2660. The van der Waals surface area contributed by atoms with Crippen LogP contribution in [0.2, 0.25) is 0 Å². The minimum atomic E-state index is -5.02. The summed E-state index contributed by atoms with van der Waals surface area (Å²) in [4.78, 5) is 73.1. The predicted octanol–water partition coefficient (Wildman–Crippen LogP) is 24.8. The second kappa shape index (κ2) is 79.8. The molecule has 0 aliphatic rings. The van der Waals surface area contributed by atoms with E-state index in [0.717, 1.165) is 161 Å². The summed E-state index contributed by atoms with van der Waals surface area (Å²) in [5.74, 6) is -2.33. The maximum atomic E-state index is 13.1. The van der Waals surface area contributed by atoms with Gasteiger partial charge >= 0.3 is 39.5 Å². The molecule has 0 saturated heterocycles. The van der Waals surface area contributed by atoms with Crippen molar-refractivity contribution < 1.29 is 80.2 Å². The van der Waals surface area contributed by atoms with Gasteiger partial charge in [0.05, 0.1) is 26.4 Å². The van der Waals surface area contributed by atoms with Crippen molar-refractivity contribution in [2.24, 2.45) is 0 Å². The average Bonchev–Trinajstić information content (AvgIpc) is 0.900. The van der Waals surface area contributed by atoms with Gasteiger partial charge < -0.3 is 33.8 Å². The number of phosphoric ester groups is 2. The molecule has 616 valence electrons. The third-order valence-electron chi connectivity index (χ3n) is 17.0. The zero-order valence-electron chi connectivity index (χ0n) is 67.5. The first-order chi connectivity index (χ1) is 52.7. The molecular formula is C89H148O17P2. The molecule has 0 heterocycles. The Labute approximate surface area is 655 Å². The Morgan fingerprint density at radius 2 is 0.500 bits per heavy atom. The van der Waals surface area contributed by atoms with E-state index in [1.165, 1.54) is 77.0 Å². The van der Waals surface area contributed by atoms with Gasteiger partial charge in [0.15, 0.2) is 12.2 Å². The summed E-state index contributed by atoms with van der Waals surface area (Å²) in [5, 5.41) is 10.7. The normalized spacial score (nSPS) is 14.6. The number of rotatable bonds is 77. The molecule has 5 atom stereocenters. The van der Waals surface area contributed by atoms with Crippen molar-refractivity contribution in [3.8, 4) is 0 Å². The van der Waals surface area contributed by atoms with Crippen LogP contribution in [0.5, 0.6) is 0 Å². The van der Waals surface area contributed by atoms with Crippen molar-refractivity contribution in [2.75, 3.05) is 39.6 Å². The molecule has 0 aromatic heterocycles. The van der Waals surface area contributed by atoms with Gasteiger partial charge in [0, 0.05) is 25.7 Å². The average molecular weight is 1550 g/mol. The molecule has 0 aliphatic heterocycles. The van der Waals surface area contributed by atoms with Gasteiger partial charge in [-0.05, 0) is 161 Å². The fraction of sp³-hybridized carbons (Fsp3) is 0.663. The van der Waals surface area contributed by atoms with E-state index in [4.69, 9.17) is 37.0 Å². The topological polar surface area (TPSA) is 237 Å². The summed E-state index contributed by atoms with van der Waals surface area (Å²) in [6.45, 7) is 4.51. The first-order valence-corrected chi connectivity index (χ1v) is 44.7. The molecule has 0 rings (SSSR count). The zero-order chi connectivity index (χ0) is 78.9. The number of esters is 4. The molecule has 0 bridgehead atoms. The van der Waals surface area contributed by atoms with Gasteiger partial charge in [0.2, 0.25) is 0 Å². The number of aliphatic hydroxyl groups is 1. The standard InChI is InChI=1S/C89H148O17P2/c1-5-9-13-17-21-25-29-33-37-39-41-43-47-50-54-58-62-66-70-74-87(92)100-80-85(106-89(94)76-72-68-64-60-56-52-48-44-42-40-38-34-30-26-22-18-14-10-6-2)82-104-108(97,98)102-78-83(90)77-101-107(95,96)103-81-84(105-88(93)75-71-67-63-59-55-51-46-36-32-28-24-20-16-12-8-4)79-99-86(91)73-69-65-61-57-53-49-45-35-31-27-23-19-15-11-7-3/h9-10,13-14,21-22,25-26,33-38,41-46,50,52,54,56,64,68,83-85,90H,5-8,11-12,15-20,23-24,27-32,39-40,47-49,51,53,55,57-63,65-67,69-82H2,1-4H3,(H,95,96)(H,97,98)/b13-9-,14-10-,25-21-,26-22-,37-33-,38-34-,43-41-,44-42-,45-35-,46-36-,54-50-,56-52-,68-64-/t83-,84+,85+/m0/s1. The highest BCUT2D eigenvalue weighted by Crippen LogP contribution is 2.45. The first-order valence-electron chi connectivity index (χ1n) is 41.7. The van der Waals surface area contributed by atoms with Crippen molar-refractivity contribution in [2.45, 2.75) is 341 Å². The van der Waals surface area contributed by atoms with Gasteiger partial charge in [-0.1, -0.05) is 295 Å². The number of ether oxygens (including phenoxy) is 4. The minimum Gasteiger partial charge on any atom is -0.462 e. The lowest BCUT2D eigenvalue weighted by molar-refractivity contribution is -0.161. The molecule has 0 radical (unpaired) electrons. The number of carbonyl (C=O) groups excluding carboxylic acids is 4. The van der Waals surface area contributed by atoms with Crippen LogP contribution < -0.4 is 0 Å². The largest absolute Gasteiger partial charge is 0.472 e. The third kappa shape index (κ3) is 78.8. The van der Waals surface area contributed by atoms with E-state index in [9.17, 15) is 43.2 Å². The van der Waals surface area contributed by atoms with Crippen molar-refractivity contribution in [3.63, 3.8) is 0 Å². The van der Waals surface area contributed by atoms with Gasteiger partial charge in [-0.25, -0.2) is 9.13 Å². The number of phosphoric acid groups is 2. The van der Waals surface area contributed by atoms with Gasteiger partial charge in [-0.2, -0.15) is 0 Å². The Balaban J connectivity index is 5.50. The molecular weight excluding hydrogens is 1400 g/mol. The molecule has 19 heteroatoms. The molecule has 0 aromatic carbocycles. The zero-order valence-corrected chi connectivity index (χ0v) is 69.3. The molecule has 2 unspecified atom stereocenters. The van der Waals surface area contributed by atoms with Crippen LogP contribution in [0.15, 0.2) is 158 Å². The summed E-state index contributed by atoms with van der Waals surface area (Å²) in [6.07, 6.45) is 93.7. The number of allylic oxidation sites excluding steroid dienone is 26. The van der Waals surface area contributed by atoms with Crippen molar-refractivity contribution in [1.29, 1.82) is 0 Å². The van der Waals surface area contributed by atoms with Crippen molar-refractivity contribution in [3.05, 3.63) is 158 Å². The van der Waals surface area contributed by atoms with Crippen LogP contribution in [0.25, 0.3) is 0 Å². The predicted molar refractivity (Wildman–Crippen MR) is 445 cm³/mol. The van der Waals surface area contributed by atoms with Crippen LogP contribution in [0, 0.1) is 0 Å². The summed E-state index contributed by atoms with van der Waals surface area (Å²) in [7, 11) is -10.0. The van der Waals surface area contributed by atoms with E-state index in [2.05, 4.69) is 167 Å². The Kier molecular flexibility index (Phi) is 75.8. The minimum absolute atomic E-state index is 0.0436. The Morgan fingerprint density at radius 1 is 0.269 bits per heavy atom. The highest BCUT2D eigenvalue weighted by Gasteiger charge is 2.30. The monoisotopic (exact) mass is 1550 g/mol. The lowest BCUT2D eigenvalue weighted by Gasteiger charge is -2.21. The van der Waals surface area contributed by atoms with E-state index < -0.39 is 97.5 Å². The molecule has 3 N–H and O–H groups in total. The van der Waals surface area contributed by atoms with E-state index in [0.29, 0.717) is 32.1 Å². The number of aliphatic hydroxyl groups excluding tert-OH is 1. The van der Waals surface area contributed by atoms with Crippen LogP contribution in [0.4, 0.5) is 0 Å². The van der Waals surface area contributed by atoms with Gasteiger partial charge in [-0.15, -0.1) is 0 Å². The van der Waals surface area contributed by atoms with E-state index in [1.807, 2.05) is 18.2 Å². The quantitative estimate of drug-likeness (QED) is 0.0169. The van der Waals surface area contributed by atoms with Crippen LogP contribution in [0.1, 0.15) is 323 Å². The highest BCUT2D eigenvalue weighted by molar-refractivity contribution is 7.47. The Hall–Kier alpha value is -5.32. The maximum Gasteiger partial charge on any atom is 0.472 e. The maximum absolute atomic E-state index is 13.1. The lowest BCUT2D eigenvalue weighted by atomic mass is 10.1. The summed E-state index contributed by atoms with van der Waals surface area (Å²) in [5.41, 5.74) is 0. The number of hydrogen-bond donors (Lipinski definition) is 3. The van der Waals surface area contributed by atoms with Crippen LogP contribution in [-0.4, -0.2) is 96.7 Å². The number of carbonyl (C=O) groups is 4. The molecule has 0 fully saturated rings. The smallest absolute Gasteiger partial charge is 0.462 e. The van der Waals surface area contributed by atoms with Crippen LogP contribution in [0.3, 0.4) is 0 Å². The molecule has 0 spiro atoms. The molecule has 0 aliphatic carbocycles. The molecule has 17 nitrogen and oxygen atoms in total. The van der Waals surface area contributed by atoms with Crippen LogP contribution >= 0.6 is 15.6 Å². The van der Waals surface area contributed by atoms with Gasteiger partial charge in [0.1, 0.15) is 19.3 Å². The number of hydrogen-bond acceptors (Lipinski definition) is 15. The molecule has 0 saturated carbocycles. The van der Waals surface area contributed by atoms with E-state index in [-0.39, 0.29) is 25.7 Å². The number of unbranched alkanes of at least 4 members (excludes halogenated alkanes) is 25. The SMILES string of the molecule is CC/C=C\C/C=C\C/C=C\C/C=C\C/C=C\C/C=C\CCC(=O)O[C@H](COC(=O)CCCCC/C=C\C/C=C\C/C=C\C/C=C\C/C=C\CC)COP(=O)(O)OC[C@@H](O)COP(=O)(O)OC[C@@H](COC(=O)CCCCCCC/C=C\CCCCCCCC)OC(=O)CCCCCCC/C=C\CCCCCCCC. The second-order valence-corrected chi connectivity index (χ2v) is 30.2. The van der Waals surface area contributed by atoms with Crippen molar-refractivity contribution >= 4 is 39.5 Å². The fourth-order valence-electron chi connectivity index (χ4n) is 10.7. The lowest BCUT2D eigenvalue weighted by Crippen LogP contribution is -2.30. The third-order valence-corrected chi connectivity index (χ3v) is 18.9. The molecule has 0 aromatic rings. The van der Waals surface area contributed by atoms with Crippen molar-refractivity contribution in [1.82, 2.24) is 0 Å². The molecule has 108 heavy (non-hydrogen) atoms. The van der Waals surface area contributed by atoms with E-state index in [1.54, 1.807) is 0 Å². The Morgan fingerprint density at radius 3 is 0.815 bits per heavy atom. The summed E-state index contributed by atoms with van der Waals surface area (Å²) in [6, 6.07) is 0. The molecule has 0 amide bonds. The second-order valence-electron chi connectivity index (χ2n) is 27.3. The van der Waals surface area contributed by atoms with E-state index >= 15 is 0 Å². The van der Waals surface area contributed by atoms with Crippen LogP contribution in [-0.2, 0) is 65.4 Å². The van der Waals surface area contributed by atoms with Gasteiger partial charge in [0.25, 0.3) is 0 Å². The summed E-state index contributed by atoms with van der Waals surface area (Å²) < 4.78 is 68.6. The summed E-state index contributed by atoms with van der Waals surface area (Å²) >= 11 is 0. The fourth-order valence-corrected chi connectivity index (χ4v) is 12.3. The van der Waals surface area contributed by atoms with Gasteiger partial charge in [-0.3, -0.25) is 37.3 Å². The first kappa shape index (κ1) is 103.